The monoisotopic (exact) mass is 375 g/mol. The maximum Gasteiger partial charge on any atom is 0.310 e. The summed E-state index contributed by atoms with van der Waals surface area (Å²) in [4.78, 5) is 23.3. The average Bonchev–Trinajstić information content (AvgIpc) is 2.35. The Morgan fingerprint density at radius 2 is 1.95 bits per heavy atom. The van der Waals surface area contributed by atoms with Gasteiger partial charge < -0.3 is 10.4 Å². The predicted molar refractivity (Wildman–Crippen MR) is 83.1 cm³/mol. The number of anilines is 1. The summed E-state index contributed by atoms with van der Waals surface area (Å²) in [5.74, 6) is -1.16. The summed E-state index contributed by atoms with van der Waals surface area (Å²) in [6.45, 7) is 3.60. The van der Waals surface area contributed by atoms with Crippen molar-refractivity contribution in [2.75, 3.05) is 5.32 Å². The van der Waals surface area contributed by atoms with E-state index in [1.807, 2.05) is 18.2 Å². The van der Waals surface area contributed by atoms with Crippen molar-refractivity contribution in [3.63, 3.8) is 0 Å². The highest BCUT2D eigenvalue weighted by molar-refractivity contribution is 14.1. The van der Waals surface area contributed by atoms with Crippen molar-refractivity contribution >= 4 is 40.2 Å². The van der Waals surface area contributed by atoms with Gasteiger partial charge in [0.1, 0.15) is 0 Å². The lowest BCUT2D eigenvalue weighted by atomic mass is 9.79. The number of halogens is 1. The molecular weight excluding hydrogens is 357 g/mol. The van der Waals surface area contributed by atoms with Crippen LogP contribution in [0.15, 0.2) is 24.3 Å². The van der Waals surface area contributed by atoms with Crippen molar-refractivity contribution in [3.8, 4) is 0 Å². The first-order valence-electron chi connectivity index (χ1n) is 6.22. The molecule has 0 fully saturated rings. The van der Waals surface area contributed by atoms with Gasteiger partial charge in [-0.1, -0.05) is 19.9 Å². The number of rotatable bonds is 6. The second-order valence-electron chi connectivity index (χ2n) is 4.53. The van der Waals surface area contributed by atoms with Gasteiger partial charge >= 0.3 is 5.97 Å². The van der Waals surface area contributed by atoms with E-state index in [0.29, 0.717) is 18.5 Å². The SMILES string of the molecule is CCC(CC)(CC(=O)Nc1cccc(I)c1)C(=O)O. The second kappa shape index (κ2) is 6.88. The normalized spacial score (nSPS) is 11.1. The number of carboxylic acids is 1. The van der Waals surface area contributed by atoms with Crippen molar-refractivity contribution in [1.82, 2.24) is 0 Å². The van der Waals surface area contributed by atoms with E-state index < -0.39 is 11.4 Å². The molecule has 1 aromatic carbocycles. The number of hydrogen-bond acceptors (Lipinski definition) is 2. The van der Waals surface area contributed by atoms with Gasteiger partial charge in [0.2, 0.25) is 5.91 Å². The van der Waals surface area contributed by atoms with Crippen LogP contribution in [0.25, 0.3) is 0 Å². The first-order valence-corrected chi connectivity index (χ1v) is 7.30. The van der Waals surface area contributed by atoms with E-state index >= 15 is 0 Å². The molecule has 0 aliphatic heterocycles. The highest BCUT2D eigenvalue weighted by atomic mass is 127. The third-order valence-corrected chi connectivity index (χ3v) is 4.09. The molecular formula is C14H18INO3. The zero-order valence-corrected chi connectivity index (χ0v) is 13.2. The van der Waals surface area contributed by atoms with Crippen LogP contribution in [0.1, 0.15) is 33.1 Å². The average molecular weight is 375 g/mol. The number of carbonyl (C=O) groups excluding carboxylic acids is 1. The topological polar surface area (TPSA) is 66.4 Å². The van der Waals surface area contributed by atoms with Gasteiger partial charge in [-0.25, -0.2) is 0 Å². The van der Waals surface area contributed by atoms with Crippen LogP contribution in [0.2, 0.25) is 0 Å². The van der Waals surface area contributed by atoms with E-state index in [1.165, 1.54) is 0 Å². The van der Waals surface area contributed by atoms with Crippen LogP contribution in [0, 0.1) is 8.99 Å². The molecule has 19 heavy (non-hydrogen) atoms. The third-order valence-electron chi connectivity index (χ3n) is 3.41. The highest BCUT2D eigenvalue weighted by Gasteiger charge is 2.37. The molecule has 0 aliphatic carbocycles. The minimum absolute atomic E-state index is 0.000800. The maximum atomic E-state index is 12.0. The molecule has 5 heteroatoms. The minimum atomic E-state index is -0.966. The first-order chi connectivity index (χ1) is 8.93. The van der Waals surface area contributed by atoms with Gasteiger partial charge in [-0.2, -0.15) is 0 Å². The summed E-state index contributed by atoms with van der Waals surface area (Å²) in [5.41, 5.74) is -0.269. The lowest BCUT2D eigenvalue weighted by Crippen LogP contribution is -2.34. The molecule has 0 spiro atoms. The molecule has 2 N–H and O–H groups in total. The third kappa shape index (κ3) is 4.19. The lowest BCUT2D eigenvalue weighted by molar-refractivity contribution is -0.151. The van der Waals surface area contributed by atoms with Gasteiger partial charge in [-0.15, -0.1) is 0 Å². The molecule has 1 aromatic rings. The number of amides is 1. The van der Waals surface area contributed by atoms with Crippen molar-refractivity contribution in [1.29, 1.82) is 0 Å². The molecule has 0 heterocycles. The van der Waals surface area contributed by atoms with Gasteiger partial charge in [-0.05, 0) is 53.6 Å². The predicted octanol–water partition coefficient (Wildman–Crippen LogP) is 3.51. The molecule has 1 rings (SSSR count). The Morgan fingerprint density at radius 1 is 1.32 bits per heavy atom. The molecule has 0 aromatic heterocycles. The molecule has 0 unspecified atom stereocenters. The van der Waals surface area contributed by atoms with Crippen LogP contribution in [-0.4, -0.2) is 17.0 Å². The van der Waals surface area contributed by atoms with E-state index in [2.05, 4.69) is 27.9 Å². The molecule has 0 saturated heterocycles. The fraction of sp³-hybridized carbons (Fsp3) is 0.429. The van der Waals surface area contributed by atoms with Crippen molar-refractivity contribution < 1.29 is 14.7 Å². The zero-order chi connectivity index (χ0) is 14.5. The molecule has 0 radical (unpaired) electrons. The number of carbonyl (C=O) groups is 2. The van der Waals surface area contributed by atoms with Crippen LogP contribution in [0.4, 0.5) is 5.69 Å². The van der Waals surface area contributed by atoms with Crippen LogP contribution >= 0.6 is 22.6 Å². The summed E-state index contributed by atoms with van der Waals surface area (Å²) < 4.78 is 1.02. The van der Waals surface area contributed by atoms with E-state index in [4.69, 9.17) is 0 Å². The number of benzene rings is 1. The number of carboxylic acid groups (broad SMARTS) is 1. The van der Waals surface area contributed by atoms with Crippen molar-refractivity contribution in [2.45, 2.75) is 33.1 Å². The fourth-order valence-electron chi connectivity index (χ4n) is 1.96. The standard InChI is InChI=1S/C14H18INO3/c1-3-14(4-2,13(18)19)9-12(17)16-11-7-5-6-10(15)8-11/h5-8H,3-4,9H2,1-2H3,(H,16,17)(H,18,19). The van der Waals surface area contributed by atoms with E-state index in [-0.39, 0.29) is 12.3 Å². The summed E-state index contributed by atoms with van der Waals surface area (Å²) in [6.07, 6.45) is 0.887. The molecule has 104 valence electrons. The number of nitrogens with one attached hydrogen (secondary N) is 1. The number of aliphatic carboxylic acids is 1. The molecule has 4 nitrogen and oxygen atoms in total. The van der Waals surface area contributed by atoms with Crippen molar-refractivity contribution in [3.05, 3.63) is 27.8 Å². The Balaban J connectivity index is 2.76. The Kier molecular flexibility index (Phi) is 5.78. The van der Waals surface area contributed by atoms with Crippen LogP contribution < -0.4 is 5.32 Å². The Morgan fingerprint density at radius 3 is 2.42 bits per heavy atom. The smallest absolute Gasteiger partial charge is 0.310 e. The molecule has 0 bridgehead atoms. The van der Waals surface area contributed by atoms with Gasteiger partial charge in [0.05, 0.1) is 5.41 Å². The lowest BCUT2D eigenvalue weighted by Gasteiger charge is -2.25. The minimum Gasteiger partial charge on any atom is -0.481 e. The molecule has 0 atom stereocenters. The fourth-order valence-corrected chi connectivity index (χ4v) is 2.50. The Hall–Kier alpha value is -1.11. The Bertz CT molecular complexity index is 470. The summed E-state index contributed by atoms with van der Waals surface area (Å²) in [7, 11) is 0. The van der Waals surface area contributed by atoms with E-state index in [1.54, 1.807) is 19.9 Å². The van der Waals surface area contributed by atoms with Crippen LogP contribution in [0.3, 0.4) is 0 Å². The van der Waals surface area contributed by atoms with Crippen LogP contribution in [-0.2, 0) is 9.59 Å². The second-order valence-corrected chi connectivity index (χ2v) is 5.77. The maximum absolute atomic E-state index is 12.0. The van der Waals surface area contributed by atoms with Crippen LogP contribution in [0.5, 0.6) is 0 Å². The highest BCUT2D eigenvalue weighted by Crippen LogP contribution is 2.31. The van der Waals surface area contributed by atoms with Gasteiger partial charge in [0, 0.05) is 15.7 Å². The molecule has 1 amide bonds. The Labute approximate surface area is 126 Å². The first kappa shape index (κ1) is 15.9. The largest absolute Gasteiger partial charge is 0.481 e. The zero-order valence-electron chi connectivity index (χ0n) is 11.1. The van der Waals surface area contributed by atoms with Crippen molar-refractivity contribution in [2.24, 2.45) is 5.41 Å². The summed E-state index contributed by atoms with van der Waals surface area (Å²) >= 11 is 2.16. The summed E-state index contributed by atoms with van der Waals surface area (Å²) in [5, 5.41) is 12.1. The van der Waals surface area contributed by atoms with E-state index in [9.17, 15) is 14.7 Å². The molecule has 0 saturated carbocycles. The molecule has 0 aliphatic rings. The quantitative estimate of drug-likeness (QED) is 0.748. The van der Waals surface area contributed by atoms with E-state index in [0.717, 1.165) is 3.57 Å². The van der Waals surface area contributed by atoms with Gasteiger partial charge in [0.15, 0.2) is 0 Å². The van der Waals surface area contributed by atoms with Gasteiger partial charge in [-0.3, -0.25) is 9.59 Å². The van der Waals surface area contributed by atoms with Gasteiger partial charge in [0.25, 0.3) is 0 Å². The summed E-state index contributed by atoms with van der Waals surface area (Å²) in [6, 6.07) is 7.41. The number of hydrogen-bond donors (Lipinski definition) is 2.